The number of aromatic nitrogens is 1. The van der Waals surface area contributed by atoms with Gasteiger partial charge in [0.15, 0.2) is 0 Å². The van der Waals surface area contributed by atoms with E-state index in [1.807, 2.05) is 73.7 Å². The molecule has 0 amide bonds. The van der Waals surface area contributed by atoms with E-state index >= 15 is 0 Å². The van der Waals surface area contributed by atoms with E-state index < -0.39 is 10.0 Å². The molecular formula is C23H19NO3S. The molecule has 2 atom stereocenters. The van der Waals surface area contributed by atoms with Crippen LogP contribution in [0.15, 0.2) is 90.0 Å². The SMILES string of the molecule is Cc1ccc(S(=O)(=O)n2cc([C@H]3O[C@@H]3c3ccccc3)c3ccccc32)cc1. The Morgan fingerprint density at radius 1 is 0.821 bits per heavy atom. The highest BCUT2D eigenvalue weighted by Gasteiger charge is 2.43. The molecule has 1 aliphatic heterocycles. The summed E-state index contributed by atoms with van der Waals surface area (Å²) in [5.74, 6) is 0. The molecule has 0 spiro atoms. The predicted octanol–water partition coefficient (Wildman–Crippen LogP) is 5.00. The van der Waals surface area contributed by atoms with E-state index in [4.69, 9.17) is 4.74 Å². The molecule has 1 aromatic heterocycles. The Kier molecular flexibility index (Phi) is 3.89. The van der Waals surface area contributed by atoms with Gasteiger partial charge in [-0.2, -0.15) is 0 Å². The summed E-state index contributed by atoms with van der Waals surface area (Å²) in [4.78, 5) is 0.279. The molecule has 3 aromatic carbocycles. The third-order valence-electron chi connectivity index (χ3n) is 5.21. The van der Waals surface area contributed by atoms with Crippen LogP contribution in [0.3, 0.4) is 0 Å². The van der Waals surface area contributed by atoms with E-state index in [2.05, 4.69) is 0 Å². The second-order valence-corrected chi connectivity index (χ2v) is 8.92. The number of rotatable bonds is 4. The minimum atomic E-state index is -3.69. The molecule has 0 saturated carbocycles. The maximum Gasteiger partial charge on any atom is 0.268 e. The lowest BCUT2D eigenvalue weighted by atomic mass is 10.0. The number of epoxide rings is 1. The van der Waals surface area contributed by atoms with Gasteiger partial charge in [0, 0.05) is 17.1 Å². The van der Waals surface area contributed by atoms with Gasteiger partial charge in [-0.05, 0) is 30.7 Å². The van der Waals surface area contributed by atoms with Crippen LogP contribution in [0.25, 0.3) is 10.9 Å². The van der Waals surface area contributed by atoms with Crippen molar-refractivity contribution < 1.29 is 13.2 Å². The summed E-state index contributed by atoms with van der Waals surface area (Å²) in [6, 6.07) is 24.5. The van der Waals surface area contributed by atoms with E-state index in [-0.39, 0.29) is 17.1 Å². The average Bonchev–Trinajstić information content (AvgIpc) is 3.41. The first-order valence-corrected chi connectivity index (χ1v) is 10.6. The molecule has 0 bridgehead atoms. The minimum absolute atomic E-state index is 0.0393. The number of benzene rings is 3. The summed E-state index contributed by atoms with van der Waals surface area (Å²) >= 11 is 0. The lowest BCUT2D eigenvalue weighted by Gasteiger charge is -2.07. The second-order valence-electron chi connectivity index (χ2n) is 7.10. The van der Waals surface area contributed by atoms with Crippen LogP contribution < -0.4 is 0 Å². The van der Waals surface area contributed by atoms with Gasteiger partial charge in [-0.15, -0.1) is 0 Å². The minimum Gasteiger partial charge on any atom is -0.359 e. The Morgan fingerprint density at radius 3 is 2.25 bits per heavy atom. The van der Waals surface area contributed by atoms with Crippen LogP contribution >= 0.6 is 0 Å². The van der Waals surface area contributed by atoms with E-state index in [0.29, 0.717) is 5.52 Å². The molecule has 4 aromatic rings. The highest BCUT2D eigenvalue weighted by atomic mass is 32.2. The van der Waals surface area contributed by atoms with Crippen molar-refractivity contribution in [2.45, 2.75) is 24.0 Å². The van der Waals surface area contributed by atoms with Gasteiger partial charge in [0.25, 0.3) is 10.0 Å². The van der Waals surface area contributed by atoms with Crippen molar-refractivity contribution in [3.8, 4) is 0 Å². The van der Waals surface area contributed by atoms with E-state index in [1.165, 1.54) is 3.97 Å². The number of hydrogen-bond acceptors (Lipinski definition) is 3. The van der Waals surface area contributed by atoms with Crippen LogP contribution in [0.1, 0.15) is 28.9 Å². The molecular weight excluding hydrogens is 370 g/mol. The summed E-state index contributed by atoms with van der Waals surface area (Å²) in [5, 5.41) is 0.904. The van der Waals surface area contributed by atoms with Crippen molar-refractivity contribution in [1.82, 2.24) is 3.97 Å². The smallest absolute Gasteiger partial charge is 0.268 e. The highest BCUT2D eigenvalue weighted by molar-refractivity contribution is 7.90. The van der Waals surface area contributed by atoms with Crippen LogP contribution in [0.4, 0.5) is 0 Å². The Labute approximate surface area is 164 Å². The van der Waals surface area contributed by atoms with Crippen molar-refractivity contribution in [3.05, 3.63) is 102 Å². The standard InChI is InChI=1S/C23H19NO3S/c1-16-11-13-18(14-12-16)28(25,26)24-15-20(19-9-5-6-10-21(19)24)23-22(27-23)17-7-3-2-4-8-17/h2-15,22-23H,1H3/t22-,23-/m1/s1. The Morgan fingerprint density at radius 2 is 1.50 bits per heavy atom. The third-order valence-corrected chi connectivity index (χ3v) is 6.90. The quantitative estimate of drug-likeness (QED) is 0.462. The average molecular weight is 389 g/mol. The normalized spacial score (nSPS) is 19.0. The maximum absolute atomic E-state index is 13.3. The summed E-state index contributed by atoms with van der Waals surface area (Å²) in [7, 11) is -3.69. The van der Waals surface area contributed by atoms with Gasteiger partial charge in [0.2, 0.25) is 0 Å². The Bertz CT molecular complexity index is 1260. The predicted molar refractivity (Wildman–Crippen MR) is 109 cm³/mol. The number of nitrogens with zero attached hydrogens (tertiary/aromatic N) is 1. The van der Waals surface area contributed by atoms with Crippen LogP contribution in [-0.2, 0) is 14.8 Å². The fourth-order valence-corrected chi connectivity index (χ4v) is 5.05. The fourth-order valence-electron chi connectivity index (χ4n) is 3.67. The molecule has 140 valence electrons. The second kappa shape index (κ2) is 6.33. The molecule has 0 N–H and O–H groups in total. The fraction of sp³-hybridized carbons (Fsp3) is 0.130. The lowest BCUT2D eigenvalue weighted by molar-refractivity contribution is 0.378. The van der Waals surface area contributed by atoms with Gasteiger partial charge in [-0.25, -0.2) is 12.4 Å². The molecule has 0 unspecified atom stereocenters. The third kappa shape index (κ3) is 2.75. The van der Waals surface area contributed by atoms with Crippen molar-refractivity contribution in [3.63, 3.8) is 0 Å². The summed E-state index contributed by atoms with van der Waals surface area (Å²) in [6.45, 7) is 1.94. The molecule has 4 nitrogen and oxygen atoms in total. The Hall–Kier alpha value is -2.89. The molecule has 5 rings (SSSR count). The van der Waals surface area contributed by atoms with E-state index in [0.717, 1.165) is 22.1 Å². The van der Waals surface area contributed by atoms with Gasteiger partial charge >= 0.3 is 0 Å². The van der Waals surface area contributed by atoms with Gasteiger partial charge in [0.05, 0.1) is 10.4 Å². The van der Waals surface area contributed by atoms with Gasteiger partial charge in [-0.1, -0.05) is 66.2 Å². The largest absolute Gasteiger partial charge is 0.359 e. The summed E-state index contributed by atoms with van der Waals surface area (Å²) in [6.07, 6.45) is 1.54. The monoisotopic (exact) mass is 389 g/mol. The molecule has 28 heavy (non-hydrogen) atoms. The summed E-state index contributed by atoms with van der Waals surface area (Å²) < 4.78 is 33.9. The van der Waals surface area contributed by atoms with Crippen molar-refractivity contribution in [2.75, 3.05) is 0 Å². The topological polar surface area (TPSA) is 51.6 Å². The number of ether oxygens (including phenoxy) is 1. The van der Waals surface area contributed by atoms with Gasteiger partial charge < -0.3 is 4.74 Å². The Balaban J connectivity index is 1.61. The number of aryl methyl sites for hydroxylation is 1. The van der Waals surface area contributed by atoms with Crippen LogP contribution in [-0.4, -0.2) is 12.4 Å². The zero-order chi connectivity index (χ0) is 19.3. The highest BCUT2D eigenvalue weighted by Crippen LogP contribution is 2.53. The molecule has 1 aliphatic rings. The molecule has 2 heterocycles. The molecule has 0 radical (unpaired) electrons. The van der Waals surface area contributed by atoms with Gasteiger partial charge in [-0.3, -0.25) is 0 Å². The molecule has 5 heteroatoms. The van der Waals surface area contributed by atoms with Crippen LogP contribution in [0.5, 0.6) is 0 Å². The van der Waals surface area contributed by atoms with Crippen LogP contribution in [0.2, 0.25) is 0 Å². The zero-order valence-electron chi connectivity index (χ0n) is 15.3. The first-order valence-electron chi connectivity index (χ1n) is 9.18. The first kappa shape index (κ1) is 17.2. The van der Waals surface area contributed by atoms with Crippen LogP contribution in [0, 0.1) is 6.92 Å². The van der Waals surface area contributed by atoms with E-state index in [1.54, 1.807) is 18.3 Å². The van der Waals surface area contributed by atoms with Crippen molar-refractivity contribution in [1.29, 1.82) is 0 Å². The molecule has 1 saturated heterocycles. The first-order chi connectivity index (χ1) is 13.6. The van der Waals surface area contributed by atoms with Gasteiger partial charge in [0.1, 0.15) is 12.2 Å². The lowest BCUT2D eigenvalue weighted by Crippen LogP contribution is -2.11. The zero-order valence-corrected chi connectivity index (χ0v) is 16.1. The number of fused-ring (bicyclic) bond motifs is 1. The van der Waals surface area contributed by atoms with Crippen molar-refractivity contribution in [2.24, 2.45) is 0 Å². The number of hydrogen-bond donors (Lipinski definition) is 0. The summed E-state index contributed by atoms with van der Waals surface area (Å²) in [5.41, 5.74) is 3.69. The maximum atomic E-state index is 13.3. The number of para-hydroxylation sites is 1. The molecule has 0 aliphatic carbocycles. The van der Waals surface area contributed by atoms with E-state index in [9.17, 15) is 8.42 Å². The van der Waals surface area contributed by atoms with Crippen molar-refractivity contribution >= 4 is 20.9 Å². The molecule has 1 fully saturated rings.